The minimum Gasteiger partial charge on any atom is -0.327 e. The van der Waals surface area contributed by atoms with E-state index in [1.807, 2.05) is 0 Å². The van der Waals surface area contributed by atoms with Crippen LogP contribution in [0.25, 0.3) is 6.08 Å². The predicted octanol–water partition coefficient (Wildman–Crippen LogP) is 2.99. The molecule has 0 unspecified atom stereocenters. The van der Waals surface area contributed by atoms with Gasteiger partial charge < -0.3 is 5.73 Å². The van der Waals surface area contributed by atoms with E-state index in [1.165, 1.54) is 16.7 Å². The van der Waals surface area contributed by atoms with Crippen LogP contribution in [0, 0.1) is 12.8 Å². The largest absolute Gasteiger partial charge is 0.327 e. The maximum absolute atomic E-state index is 5.69. The molecule has 1 aromatic rings. The van der Waals surface area contributed by atoms with Crippen molar-refractivity contribution < 1.29 is 0 Å². The summed E-state index contributed by atoms with van der Waals surface area (Å²) in [7, 11) is 0. The summed E-state index contributed by atoms with van der Waals surface area (Å²) in [5.41, 5.74) is 9.53. The fourth-order valence-electron chi connectivity index (χ4n) is 1.44. The van der Waals surface area contributed by atoms with Crippen LogP contribution in [0.2, 0.25) is 0 Å². The topological polar surface area (TPSA) is 26.0 Å². The molecular formula is C13H19N. The molecule has 0 saturated heterocycles. The van der Waals surface area contributed by atoms with E-state index in [0.717, 1.165) is 0 Å². The van der Waals surface area contributed by atoms with Crippen molar-refractivity contribution in [1.29, 1.82) is 0 Å². The van der Waals surface area contributed by atoms with E-state index < -0.39 is 0 Å². The summed E-state index contributed by atoms with van der Waals surface area (Å²) in [6, 6.07) is 8.48. The van der Waals surface area contributed by atoms with Gasteiger partial charge in [-0.25, -0.2) is 0 Å². The third-order valence-corrected chi connectivity index (χ3v) is 2.37. The summed E-state index contributed by atoms with van der Waals surface area (Å²) in [5, 5.41) is 0. The molecule has 76 valence electrons. The van der Waals surface area contributed by atoms with Crippen LogP contribution in [0.15, 0.2) is 29.8 Å². The third kappa shape index (κ3) is 3.00. The van der Waals surface area contributed by atoms with Gasteiger partial charge in [-0.3, -0.25) is 0 Å². The van der Waals surface area contributed by atoms with E-state index in [4.69, 9.17) is 5.73 Å². The average molecular weight is 189 g/mol. The van der Waals surface area contributed by atoms with Crippen LogP contribution < -0.4 is 5.73 Å². The van der Waals surface area contributed by atoms with E-state index in [-0.39, 0.29) is 0 Å². The summed E-state index contributed by atoms with van der Waals surface area (Å²) < 4.78 is 0. The first-order valence-electron chi connectivity index (χ1n) is 5.10. The van der Waals surface area contributed by atoms with Crippen molar-refractivity contribution in [2.24, 2.45) is 11.7 Å². The highest BCUT2D eigenvalue weighted by Gasteiger charge is 2.00. The second kappa shape index (κ2) is 4.97. The lowest BCUT2D eigenvalue weighted by molar-refractivity contribution is 0.752. The third-order valence-electron chi connectivity index (χ3n) is 2.37. The lowest BCUT2D eigenvalue weighted by atomic mass is 10.00. The van der Waals surface area contributed by atoms with Crippen molar-refractivity contribution in [3.8, 4) is 0 Å². The van der Waals surface area contributed by atoms with Gasteiger partial charge in [0.05, 0.1) is 0 Å². The van der Waals surface area contributed by atoms with Gasteiger partial charge in [0, 0.05) is 6.54 Å². The van der Waals surface area contributed by atoms with E-state index in [0.29, 0.717) is 12.5 Å². The molecule has 0 amide bonds. The zero-order valence-corrected chi connectivity index (χ0v) is 9.25. The Morgan fingerprint density at radius 2 is 2.14 bits per heavy atom. The van der Waals surface area contributed by atoms with Crippen LogP contribution in [-0.4, -0.2) is 6.54 Å². The summed E-state index contributed by atoms with van der Waals surface area (Å²) in [6.07, 6.45) is 2.19. The van der Waals surface area contributed by atoms with Gasteiger partial charge in [-0.1, -0.05) is 55.3 Å². The smallest absolute Gasteiger partial charge is 0.0142 e. The second-order valence-corrected chi connectivity index (χ2v) is 3.99. The summed E-state index contributed by atoms with van der Waals surface area (Å²) in [5.74, 6) is 0.528. The molecule has 0 heterocycles. The van der Waals surface area contributed by atoms with Crippen molar-refractivity contribution in [1.82, 2.24) is 0 Å². The van der Waals surface area contributed by atoms with Crippen molar-refractivity contribution in [3.63, 3.8) is 0 Å². The summed E-state index contributed by atoms with van der Waals surface area (Å²) in [4.78, 5) is 0. The van der Waals surface area contributed by atoms with Gasteiger partial charge in [0.2, 0.25) is 0 Å². The Labute approximate surface area is 86.6 Å². The monoisotopic (exact) mass is 189 g/mol. The SMILES string of the molecule is Cc1cccc(/C=C(\CN)C(C)C)c1. The molecule has 1 heteroatoms. The van der Waals surface area contributed by atoms with Gasteiger partial charge in [-0.15, -0.1) is 0 Å². The van der Waals surface area contributed by atoms with E-state index in [9.17, 15) is 0 Å². The number of benzene rings is 1. The first kappa shape index (κ1) is 11.0. The van der Waals surface area contributed by atoms with Gasteiger partial charge in [0.25, 0.3) is 0 Å². The average Bonchev–Trinajstić information content (AvgIpc) is 2.14. The van der Waals surface area contributed by atoms with Crippen LogP contribution in [0.5, 0.6) is 0 Å². The Balaban J connectivity index is 2.94. The summed E-state index contributed by atoms with van der Waals surface area (Å²) in [6.45, 7) is 7.10. The Kier molecular flexibility index (Phi) is 3.90. The minimum absolute atomic E-state index is 0.528. The minimum atomic E-state index is 0.528. The molecule has 1 rings (SSSR count). The van der Waals surface area contributed by atoms with Crippen molar-refractivity contribution in [2.75, 3.05) is 6.54 Å². The quantitative estimate of drug-likeness (QED) is 0.777. The maximum Gasteiger partial charge on any atom is 0.0142 e. The van der Waals surface area contributed by atoms with Crippen LogP contribution in [0.1, 0.15) is 25.0 Å². The Morgan fingerprint density at radius 3 is 2.64 bits per heavy atom. The van der Waals surface area contributed by atoms with Crippen LogP contribution in [-0.2, 0) is 0 Å². The number of aryl methyl sites for hydroxylation is 1. The van der Waals surface area contributed by atoms with Crippen molar-refractivity contribution in [3.05, 3.63) is 41.0 Å². The van der Waals surface area contributed by atoms with Gasteiger partial charge in [0.1, 0.15) is 0 Å². The number of hydrogen-bond donors (Lipinski definition) is 1. The number of hydrogen-bond acceptors (Lipinski definition) is 1. The highest BCUT2D eigenvalue weighted by atomic mass is 14.5. The number of rotatable bonds is 3. The predicted molar refractivity (Wildman–Crippen MR) is 63.0 cm³/mol. The lowest BCUT2D eigenvalue weighted by Gasteiger charge is -2.08. The van der Waals surface area contributed by atoms with Gasteiger partial charge in [0.15, 0.2) is 0 Å². The molecule has 1 aromatic carbocycles. The van der Waals surface area contributed by atoms with Gasteiger partial charge in [-0.05, 0) is 18.4 Å². The van der Waals surface area contributed by atoms with E-state index in [2.05, 4.69) is 51.1 Å². The lowest BCUT2D eigenvalue weighted by Crippen LogP contribution is -2.08. The molecule has 0 aromatic heterocycles. The first-order chi connectivity index (χ1) is 6.63. The molecule has 0 spiro atoms. The molecule has 0 atom stereocenters. The zero-order chi connectivity index (χ0) is 10.6. The molecule has 14 heavy (non-hydrogen) atoms. The molecule has 0 aliphatic carbocycles. The Bertz CT molecular complexity index is 324. The van der Waals surface area contributed by atoms with Crippen molar-refractivity contribution in [2.45, 2.75) is 20.8 Å². The fourth-order valence-corrected chi connectivity index (χ4v) is 1.44. The standard InChI is InChI=1S/C13H19N/c1-10(2)13(9-14)8-12-6-4-5-11(3)7-12/h4-8,10H,9,14H2,1-3H3/b13-8+. The van der Waals surface area contributed by atoms with Gasteiger partial charge in [-0.2, -0.15) is 0 Å². The number of nitrogens with two attached hydrogens (primary N) is 1. The van der Waals surface area contributed by atoms with Crippen LogP contribution >= 0.6 is 0 Å². The molecule has 0 saturated carbocycles. The second-order valence-electron chi connectivity index (χ2n) is 3.99. The fraction of sp³-hybridized carbons (Fsp3) is 0.385. The molecule has 0 bridgehead atoms. The zero-order valence-electron chi connectivity index (χ0n) is 9.25. The molecule has 0 aliphatic rings. The van der Waals surface area contributed by atoms with E-state index >= 15 is 0 Å². The van der Waals surface area contributed by atoms with Crippen LogP contribution in [0.4, 0.5) is 0 Å². The normalized spacial score (nSPS) is 12.2. The highest BCUT2D eigenvalue weighted by molar-refractivity contribution is 5.54. The Hall–Kier alpha value is -1.08. The molecule has 2 N–H and O–H groups in total. The molecular weight excluding hydrogens is 170 g/mol. The Morgan fingerprint density at radius 1 is 1.43 bits per heavy atom. The molecule has 1 nitrogen and oxygen atoms in total. The maximum atomic E-state index is 5.69. The van der Waals surface area contributed by atoms with Crippen LogP contribution in [0.3, 0.4) is 0 Å². The van der Waals surface area contributed by atoms with E-state index in [1.54, 1.807) is 0 Å². The molecule has 0 fully saturated rings. The highest BCUT2D eigenvalue weighted by Crippen LogP contribution is 2.14. The first-order valence-corrected chi connectivity index (χ1v) is 5.10. The summed E-state index contributed by atoms with van der Waals surface area (Å²) >= 11 is 0. The van der Waals surface area contributed by atoms with Gasteiger partial charge >= 0.3 is 0 Å². The molecule has 0 radical (unpaired) electrons. The van der Waals surface area contributed by atoms with Crippen molar-refractivity contribution >= 4 is 6.08 Å². The molecule has 0 aliphatic heterocycles.